The molecule has 0 bridgehead atoms. The van der Waals surface area contributed by atoms with Crippen molar-refractivity contribution in [2.45, 2.75) is 51.9 Å². The fourth-order valence-corrected chi connectivity index (χ4v) is 1.90. The molecule has 13 heavy (non-hydrogen) atoms. The fourth-order valence-electron chi connectivity index (χ4n) is 1.90. The Morgan fingerprint density at radius 2 is 2.08 bits per heavy atom. The first-order chi connectivity index (χ1) is 6.34. The van der Waals surface area contributed by atoms with Crippen molar-refractivity contribution in [1.82, 2.24) is 5.32 Å². The minimum Gasteiger partial charge on any atom is -0.356 e. The zero-order chi connectivity index (χ0) is 9.52. The van der Waals surface area contributed by atoms with Gasteiger partial charge in [-0.25, -0.2) is 0 Å². The van der Waals surface area contributed by atoms with Crippen LogP contribution in [0.4, 0.5) is 0 Å². The lowest BCUT2D eigenvalue weighted by molar-refractivity contribution is -0.125. The Morgan fingerprint density at radius 3 is 2.69 bits per heavy atom. The van der Waals surface area contributed by atoms with Crippen LogP contribution in [-0.2, 0) is 4.79 Å². The van der Waals surface area contributed by atoms with Gasteiger partial charge in [-0.05, 0) is 19.3 Å². The van der Waals surface area contributed by atoms with E-state index in [1.165, 1.54) is 19.3 Å². The smallest absolute Gasteiger partial charge is 0.223 e. The van der Waals surface area contributed by atoms with E-state index >= 15 is 0 Å². The molecule has 0 aromatic carbocycles. The first-order valence-electron chi connectivity index (χ1n) is 5.62. The zero-order valence-corrected chi connectivity index (χ0v) is 8.64. The number of unbranched alkanes of at least 4 members (excludes halogenated alkanes) is 1. The maximum Gasteiger partial charge on any atom is 0.223 e. The van der Waals surface area contributed by atoms with Gasteiger partial charge in [-0.2, -0.15) is 0 Å². The molecule has 1 saturated carbocycles. The molecule has 2 heteroatoms. The molecule has 1 rings (SSSR count). The maximum absolute atomic E-state index is 11.6. The molecule has 0 unspecified atom stereocenters. The van der Waals surface area contributed by atoms with Gasteiger partial charge in [-0.1, -0.05) is 32.6 Å². The van der Waals surface area contributed by atoms with Gasteiger partial charge in [0, 0.05) is 13.9 Å². The maximum atomic E-state index is 11.6. The summed E-state index contributed by atoms with van der Waals surface area (Å²) in [6, 6.07) is 0. The fraction of sp³-hybridized carbons (Fsp3) is 0.909. The third-order valence-electron chi connectivity index (χ3n) is 2.81. The molecule has 0 aromatic heterocycles. The van der Waals surface area contributed by atoms with E-state index in [9.17, 15) is 4.79 Å². The highest BCUT2D eigenvalue weighted by Gasteiger charge is 2.19. The highest BCUT2D eigenvalue weighted by Crippen LogP contribution is 2.23. The Labute approximate surface area is 82.6 Å². The topological polar surface area (TPSA) is 29.1 Å². The number of rotatable bonds is 4. The molecule has 0 heterocycles. The Bertz CT molecular complexity index is 155. The predicted molar refractivity (Wildman–Crippen MR) is 56.6 cm³/mol. The second-order valence-electron chi connectivity index (χ2n) is 3.98. The third-order valence-corrected chi connectivity index (χ3v) is 2.81. The number of carbonyl (C=O) groups is 1. The minimum atomic E-state index is 0. The van der Waals surface area contributed by atoms with Crippen molar-refractivity contribution in [3.05, 3.63) is 0 Å². The van der Waals surface area contributed by atoms with Crippen LogP contribution in [0.1, 0.15) is 53.3 Å². The summed E-state index contributed by atoms with van der Waals surface area (Å²) in [6.45, 7) is 3.01. The van der Waals surface area contributed by atoms with Gasteiger partial charge in [0.2, 0.25) is 5.91 Å². The third kappa shape index (κ3) is 3.79. The summed E-state index contributed by atoms with van der Waals surface area (Å²) in [5.41, 5.74) is 0. The lowest BCUT2D eigenvalue weighted by atomic mass is 9.89. The highest BCUT2D eigenvalue weighted by atomic mass is 16.1. The lowest BCUT2D eigenvalue weighted by Gasteiger charge is -2.20. The van der Waals surface area contributed by atoms with Crippen LogP contribution < -0.4 is 5.32 Å². The van der Waals surface area contributed by atoms with E-state index in [2.05, 4.69) is 12.2 Å². The SMILES string of the molecule is CCCCNC(=O)C1CCCCC1.[HH]. The number of amides is 1. The quantitative estimate of drug-likeness (QED) is 0.670. The van der Waals surface area contributed by atoms with Crippen molar-refractivity contribution in [3.8, 4) is 0 Å². The molecule has 0 saturated heterocycles. The molecule has 0 radical (unpaired) electrons. The average molecular weight is 185 g/mol. The Kier molecular flexibility index (Phi) is 4.87. The summed E-state index contributed by atoms with van der Waals surface area (Å²) in [7, 11) is 0. The first-order valence-corrected chi connectivity index (χ1v) is 5.62. The molecule has 1 N–H and O–H groups in total. The lowest BCUT2D eigenvalue weighted by Crippen LogP contribution is -2.32. The van der Waals surface area contributed by atoms with Gasteiger partial charge in [0.1, 0.15) is 0 Å². The normalized spacial score (nSPS) is 18.5. The Balaban J connectivity index is 0.00000169. The minimum absolute atomic E-state index is 0. The van der Waals surface area contributed by atoms with E-state index in [-0.39, 0.29) is 1.43 Å². The molecule has 1 aliphatic rings. The average Bonchev–Trinajstić information content (AvgIpc) is 2.19. The van der Waals surface area contributed by atoms with Gasteiger partial charge in [0.05, 0.1) is 0 Å². The van der Waals surface area contributed by atoms with E-state index in [0.717, 1.165) is 32.2 Å². The Morgan fingerprint density at radius 1 is 1.38 bits per heavy atom. The predicted octanol–water partition coefficient (Wildman–Crippen LogP) is 2.73. The van der Waals surface area contributed by atoms with Crippen molar-refractivity contribution in [1.29, 1.82) is 0 Å². The van der Waals surface area contributed by atoms with Crippen molar-refractivity contribution >= 4 is 5.91 Å². The number of hydrogen-bond acceptors (Lipinski definition) is 1. The zero-order valence-electron chi connectivity index (χ0n) is 8.64. The van der Waals surface area contributed by atoms with Crippen LogP contribution in [0.15, 0.2) is 0 Å². The van der Waals surface area contributed by atoms with Crippen molar-refractivity contribution in [3.63, 3.8) is 0 Å². The second kappa shape index (κ2) is 6.01. The summed E-state index contributed by atoms with van der Waals surface area (Å²) in [4.78, 5) is 11.6. The van der Waals surface area contributed by atoms with Crippen LogP contribution in [0.2, 0.25) is 0 Å². The number of nitrogens with one attached hydrogen (secondary N) is 1. The van der Waals surface area contributed by atoms with Crippen molar-refractivity contribution in [2.75, 3.05) is 6.54 Å². The molecule has 78 valence electrons. The highest BCUT2D eigenvalue weighted by molar-refractivity contribution is 5.78. The summed E-state index contributed by atoms with van der Waals surface area (Å²) in [5, 5.41) is 3.01. The van der Waals surface area contributed by atoms with Gasteiger partial charge >= 0.3 is 0 Å². The van der Waals surface area contributed by atoms with Crippen LogP contribution in [0, 0.1) is 5.92 Å². The van der Waals surface area contributed by atoms with E-state index in [1.807, 2.05) is 0 Å². The standard InChI is InChI=1S/C11H21NO.H2/c1-2-3-9-12-11(13)10-7-5-4-6-8-10;/h10H,2-9H2,1H3,(H,12,13);1H. The molecule has 0 aromatic rings. The molecule has 2 nitrogen and oxygen atoms in total. The molecule has 1 fully saturated rings. The number of carbonyl (C=O) groups excluding carboxylic acids is 1. The van der Waals surface area contributed by atoms with Crippen LogP contribution >= 0.6 is 0 Å². The van der Waals surface area contributed by atoms with Gasteiger partial charge in [0.25, 0.3) is 0 Å². The van der Waals surface area contributed by atoms with Crippen molar-refractivity contribution < 1.29 is 6.22 Å². The van der Waals surface area contributed by atoms with E-state index in [4.69, 9.17) is 0 Å². The molecule has 1 aliphatic carbocycles. The number of hydrogen-bond donors (Lipinski definition) is 1. The van der Waals surface area contributed by atoms with Crippen LogP contribution in [0.3, 0.4) is 0 Å². The molecule has 1 amide bonds. The van der Waals surface area contributed by atoms with E-state index in [1.54, 1.807) is 0 Å². The van der Waals surface area contributed by atoms with Gasteiger partial charge in [-0.15, -0.1) is 0 Å². The molecule has 0 spiro atoms. The van der Waals surface area contributed by atoms with E-state index < -0.39 is 0 Å². The summed E-state index contributed by atoms with van der Waals surface area (Å²) in [6.07, 6.45) is 8.29. The Hall–Kier alpha value is -0.530. The van der Waals surface area contributed by atoms with Gasteiger partial charge < -0.3 is 5.32 Å². The van der Waals surface area contributed by atoms with Gasteiger partial charge in [0.15, 0.2) is 0 Å². The molecule has 0 atom stereocenters. The summed E-state index contributed by atoms with van der Waals surface area (Å²) in [5.74, 6) is 0.624. The van der Waals surface area contributed by atoms with Crippen LogP contribution in [0.5, 0.6) is 0 Å². The van der Waals surface area contributed by atoms with Gasteiger partial charge in [-0.3, -0.25) is 4.79 Å². The largest absolute Gasteiger partial charge is 0.356 e. The summed E-state index contributed by atoms with van der Waals surface area (Å²) >= 11 is 0. The molecule has 0 aliphatic heterocycles. The van der Waals surface area contributed by atoms with Crippen molar-refractivity contribution in [2.24, 2.45) is 5.92 Å². The monoisotopic (exact) mass is 185 g/mol. The summed E-state index contributed by atoms with van der Waals surface area (Å²) < 4.78 is 0. The van der Waals surface area contributed by atoms with Crippen LogP contribution in [-0.4, -0.2) is 12.5 Å². The molecular formula is C11H23NO. The first kappa shape index (κ1) is 10.6. The molecular weight excluding hydrogens is 162 g/mol. The second-order valence-corrected chi connectivity index (χ2v) is 3.98. The van der Waals surface area contributed by atoms with E-state index in [0.29, 0.717) is 11.8 Å². The van der Waals surface area contributed by atoms with Crippen LogP contribution in [0.25, 0.3) is 0 Å².